The molecule has 0 radical (unpaired) electrons. The summed E-state index contributed by atoms with van der Waals surface area (Å²) in [5.41, 5.74) is 6.30. The van der Waals surface area contributed by atoms with Crippen LogP contribution in [0.2, 0.25) is 0 Å². The van der Waals surface area contributed by atoms with E-state index in [0.717, 1.165) is 37.6 Å². The number of alkyl halides is 3. The van der Waals surface area contributed by atoms with E-state index < -0.39 is 23.5 Å². The summed E-state index contributed by atoms with van der Waals surface area (Å²) in [6.07, 6.45) is 2.59. The van der Waals surface area contributed by atoms with Crippen molar-refractivity contribution in [2.45, 2.75) is 50.7 Å². The third-order valence-electron chi connectivity index (χ3n) is 7.81. The number of halogens is 4. The van der Waals surface area contributed by atoms with Crippen molar-refractivity contribution in [1.82, 2.24) is 24.3 Å². The predicted octanol–water partition coefficient (Wildman–Crippen LogP) is 4.96. The van der Waals surface area contributed by atoms with Crippen LogP contribution in [0.3, 0.4) is 0 Å². The zero-order chi connectivity index (χ0) is 29.1. The number of nitrogens with one attached hydrogen (secondary N) is 1. The predicted molar refractivity (Wildman–Crippen MR) is 141 cm³/mol. The summed E-state index contributed by atoms with van der Waals surface area (Å²) >= 11 is 0. The van der Waals surface area contributed by atoms with Crippen LogP contribution in [0.5, 0.6) is 0 Å². The molecule has 1 aromatic carbocycles. The molecule has 212 valence electrons. The smallest absolute Gasteiger partial charge is 0.382 e. The average Bonchev–Trinajstić information content (AvgIpc) is 3.49. The number of rotatable bonds is 4. The van der Waals surface area contributed by atoms with Crippen molar-refractivity contribution in [3.63, 3.8) is 0 Å². The van der Waals surface area contributed by atoms with Gasteiger partial charge in [-0.3, -0.25) is 14.0 Å². The number of aryl methyl sites for hydroxylation is 1. The number of anilines is 2. The Labute approximate surface area is 231 Å². The molecule has 13 heteroatoms. The molecule has 2 saturated heterocycles. The van der Waals surface area contributed by atoms with Crippen LogP contribution in [-0.2, 0) is 11.0 Å². The Hall–Kier alpha value is -4.55. The lowest BCUT2D eigenvalue weighted by Gasteiger charge is -2.34. The molecule has 0 spiro atoms. The Balaban J connectivity index is 1.35. The number of nitrogens with two attached hydrogens (primary N) is 1. The number of fused-ring (bicyclic) bond motifs is 2. The molecule has 2 unspecified atom stereocenters. The van der Waals surface area contributed by atoms with Gasteiger partial charge in [0.15, 0.2) is 0 Å². The number of carbonyl (C=O) groups is 2. The molecule has 2 atom stereocenters. The van der Waals surface area contributed by atoms with E-state index in [1.165, 1.54) is 12.3 Å². The molecule has 0 aliphatic carbocycles. The molecule has 2 aliphatic rings. The van der Waals surface area contributed by atoms with Gasteiger partial charge in [0.1, 0.15) is 34.5 Å². The molecule has 3 N–H and O–H groups in total. The molecule has 5 heterocycles. The SMILES string of the molecule is Cc1cc(C(=O)Nc2cc(C(F)(F)F)ccn2)cc(F)c1-c1nc(C2CCC3CCC(=O)N3C2)n2ccnc(N)c12. The highest BCUT2D eigenvalue weighted by Crippen LogP contribution is 2.39. The Morgan fingerprint density at radius 1 is 1.12 bits per heavy atom. The van der Waals surface area contributed by atoms with Gasteiger partial charge in [-0.2, -0.15) is 13.2 Å². The minimum Gasteiger partial charge on any atom is -0.382 e. The lowest BCUT2D eigenvalue weighted by atomic mass is 9.92. The monoisotopic (exact) mass is 567 g/mol. The second-order valence-corrected chi connectivity index (χ2v) is 10.4. The molecule has 6 rings (SSSR count). The average molecular weight is 568 g/mol. The van der Waals surface area contributed by atoms with E-state index >= 15 is 4.39 Å². The number of aromatic nitrogens is 4. The fourth-order valence-electron chi connectivity index (χ4n) is 5.87. The van der Waals surface area contributed by atoms with E-state index in [-0.39, 0.29) is 46.3 Å². The lowest BCUT2D eigenvalue weighted by molar-refractivity contribution is -0.137. The van der Waals surface area contributed by atoms with Gasteiger partial charge < -0.3 is 16.0 Å². The van der Waals surface area contributed by atoms with Crippen molar-refractivity contribution < 1.29 is 27.2 Å². The van der Waals surface area contributed by atoms with E-state index in [1.807, 2.05) is 4.90 Å². The van der Waals surface area contributed by atoms with Gasteiger partial charge >= 0.3 is 6.18 Å². The fourth-order valence-corrected chi connectivity index (χ4v) is 5.87. The first-order valence-electron chi connectivity index (χ1n) is 13.1. The maximum absolute atomic E-state index is 15.7. The second kappa shape index (κ2) is 9.82. The highest BCUT2D eigenvalue weighted by molar-refractivity contribution is 6.04. The van der Waals surface area contributed by atoms with Gasteiger partial charge in [-0.25, -0.2) is 19.3 Å². The topological polar surface area (TPSA) is 119 Å². The van der Waals surface area contributed by atoms with Crippen LogP contribution in [0.4, 0.5) is 29.2 Å². The minimum atomic E-state index is -4.61. The van der Waals surface area contributed by atoms with E-state index in [0.29, 0.717) is 35.9 Å². The number of imidazole rings is 1. The summed E-state index contributed by atoms with van der Waals surface area (Å²) in [4.78, 5) is 39.9. The summed E-state index contributed by atoms with van der Waals surface area (Å²) in [5.74, 6) is -1.10. The van der Waals surface area contributed by atoms with Gasteiger partial charge in [0.05, 0.1) is 5.56 Å². The Morgan fingerprint density at radius 3 is 2.68 bits per heavy atom. The second-order valence-electron chi connectivity index (χ2n) is 10.4. The summed E-state index contributed by atoms with van der Waals surface area (Å²) < 4.78 is 56.7. The summed E-state index contributed by atoms with van der Waals surface area (Å²) in [5, 5.41) is 2.29. The summed E-state index contributed by atoms with van der Waals surface area (Å²) in [7, 11) is 0. The molecule has 41 heavy (non-hydrogen) atoms. The molecule has 2 aliphatic heterocycles. The fraction of sp³-hybridized carbons (Fsp3) is 0.321. The van der Waals surface area contributed by atoms with E-state index in [9.17, 15) is 22.8 Å². The van der Waals surface area contributed by atoms with Gasteiger partial charge in [0.2, 0.25) is 5.91 Å². The summed E-state index contributed by atoms with van der Waals surface area (Å²) in [6.45, 7) is 2.11. The van der Waals surface area contributed by atoms with Gasteiger partial charge in [-0.05, 0) is 56.0 Å². The maximum Gasteiger partial charge on any atom is 0.416 e. The van der Waals surface area contributed by atoms with E-state index in [4.69, 9.17) is 10.7 Å². The lowest BCUT2D eigenvalue weighted by Crippen LogP contribution is -2.41. The number of nitrogen functional groups attached to an aromatic ring is 1. The van der Waals surface area contributed by atoms with Gasteiger partial charge in [-0.15, -0.1) is 0 Å². The summed E-state index contributed by atoms with van der Waals surface area (Å²) in [6, 6.07) is 4.14. The van der Waals surface area contributed by atoms with E-state index in [1.54, 1.807) is 17.5 Å². The zero-order valence-corrected chi connectivity index (χ0v) is 21.9. The van der Waals surface area contributed by atoms with Crippen LogP contribution in [0.1, 0.15) is 58.9 Å². The number of hydrogen-bond donors (Lipinski definition) is 2. The van der Waals surface area contributed by atoms with Crippen LogP contribution in [-0.4, -0.2) is 48.7 Å². The Kier molecular flexibility index (Phi) is 6.39. The van der Waals surface area contributed by atoms with Crippen LogP contribution < -0.4 is 11.1 Å². The number of nitrogens with zero attached hydrogens (tertiary/aromatic N) is 5. The normalized spacial score (nSPS) is 19.0. The number of benzene rings is 1. The van der Waals surface area contributed by atoms with Crippen LogP contribution >= 0.6 is 0 Å². The largest absolute Gasteiger partial charge is 0.416 e. The van der Waals surface area contributed by atoms with Crippen LogP contribution in [0.25, 0.3) is 16.8 Å². The molecule has 0 saturated carbocycles. The molecule has 2 amide bonds. The molecule has 9 nitrogen and oxygen atoms in total. The van der Waals surface area contributed by atoms with Crippen molar-refractivity contribution in [1.29, 1.82) is 0 Å². The van der Waals surface area contributed by atoms with E-state index in [2.05, 4.69) is 15.3 Å². The molecule has 0 bridgehead atoms. The number of pyridine rings is 1. The first-order valence-corrected chi connectivity index (χ1v) is 13.1. The van der Waals surface area contributed by atoms with Gasteiger partial charge in [0, 0.05) is 54.6 Å². The molecule has 4 aromatic rings. The third-order valence-corrected chi connectivity index (χ3v) is 7.81. The van der Waals surface area contributed by atoms with Crippen molar-refractivity contribution in [3.8, 4) is 11.3 Å². The number of piperidine rings is 1. The highest BCUT2D eigenvalue weighted by Gasteiger charge is 2.38. The van der Waals surface area contributed by atoms with Crippen molar-refractivity contribution in [3.05, 3.63) is 71.2 Å². The third kappa shape index (κ3) is 4.74. The standard InChI is InChI=1S/C28H25F4N7O2/c1-14-10-16(27(41)36-20-12-17(6-7-34-20)28(30,31)32)11-19(29)22(14)23-24-25(33)35-8-9-38(24)26(37-23)15-2-3-18-4-5-21(40)39(18)13-15/h6-12,15,18H,2-5,13H2,1H3,(H2,33,35)(H,34,36,41). The Bertz CT molecular complexity index is 1680. The van der Waals surface area contributed by atoms with Crippen LogP contribution in [0, 0.1) is 12.7 Å². The quantitative estimate of drug-likeness (QED) is 0.337. The van der Waals surface area contributed by atoms with Crippen molar-refractivity contribution in [2.75, 3.05) is 17.6 Å². The number of carbonyl (C=O) groups excluding carboxylic acids is 2. The van der Waals surface area contributed by atoms with Crippen LogP contribution in [0.15, 0.2) is 42.9 Å². The molecular weight excluding hydrogens is 542 g/mol. The number of hydrogen-bond acceptors (Lipinski definition) is 6. The molecule has 2 fully saturated rings. The van der Waals surface area contributed by atoms with Crippen molar-refractivity contribution >= 4 is 29.0 Å². The Morgan fingerprint density at radius 2 is 1.93 bits per heavy atom. The number of amides is 2. The molecular formula is C28H25F4N7O2. The van der Waals surface area contributed by atoms with Crippen molar-refractivity contribution in [2.24, 2.45) is 0 Å². The zero-order valence-electron chi connectivity index (χ0n) is 21.9. The molecule has 3 aromatic heterocycles. The van der Waals surface area contributed by atoms with Gasteiger partial charge in [0.25, 0.3) is 5.91 Å². The first-order chi connectivity index (χ1) is 19.5. The maximum atomic E-state index is 15.7. The minimum absolute atomic E-state index is 0.0928. The first kappa shape index (κ1) is 26.7. The van der Waals surface area contributed by atoms with Gasteiger partial charge in [-0.1, -0.05) is 0 Å². The highest BCUT2D eigenvalue weighted by atomic mass is 19.4.